The van der Waals surface area contributed by atoms with E-state index in [1.54, 1.807) is 12.1 Å². The molecule has 0 bridgehead atoms. The van der Waals surface area contributed by atoms with Crippen molar-refractivity contribution < 1.29 is 23.8 Å². The van der Waals surface area contributed by atoms with Gasteiger partial charge in [-0.15, -0.1) is 11.8 Å². The Morgan fingerprint density at radius 3 is 1.70 bits per heavy atom. The monoisotopic (exact) mass is 1030 g/mol. The molecule has 7 heteroatoms. The van der Waals surface area contributed by atoms with Gasteiger partial charge in [-0.1, -0.05) is 152 Å². The number of nitrogens with one attached hydrogen (secondary N) is 1. The highest BCUT2D eigenvalue weighted by Gasteiger charge is 2.38. The third-order valence-corrected chi connectivity index (χ3v) is 15.6. The van der Waals surface area contributed by atoms with Gasteiger partial charge in [-0.3, -0.25) is 4.79 Å². The average Bonchev–Trinajstić information content (AvgIpc) is 4.18. The summed E-state index contributed by atoms with van der Waals surface area (Å²) in [6.45, 7) is 14.6. The summed E-state index contributed by atoms with van der Waals surface area (Å²) in [6, 6.07) is 63.0. The predicted molar refractivity (Wildman–Crippen MR) is 313 cm³/mol. The Morgan fingerprint density at radius 2 is 1.16 bits per heavy atom. The molecular formula is C70H61NO5S. The van der Waals surface area contributed by atoms with Crippen LogP contribution < -0.4 is 14.8 Å². The van der Waals surface area contributed by atoms with E-state index in [1.807, 2.05) is 68.9 Å². The van der Waals surface area contributed by atoms with Gasteiger partial charge in [0.2, 0.25) is 0 Å². The van der Waals surface area contributed by atoms with Crippen molar-refractivity contribution in [1.29, 1.82) is 0 Å². The lowest BCUT2D eigenvalue weighted by Crippen LogP contribution is -2.32. The number of carbonyl (C=O) groups is 2. The molecule has 0 spiro atoms. The van der Waals surface area contributed by atoms with E-state index in [0.717, 1.165) is 73.6 Å². The zero-order valence-corrected chi connectivity index (χ0v) is 45.5. The van der Waals surface area contributed by atoms with Crippen LogP contribution in [-0.4, -0.2) is 30.0 Å². The van der Waals surface area contributed by atoms with Crippen LogP contribution in [0.5, 0.6) is 11.5 Å². The number of aryl methyl sites for hydroxylation is 1. The number of hydrogen-bond donors (Lipinski definition) is 1. The predicted octanol–water partition coefficient (Wildman–Crippen LogP) is 15.3. The largest absolute Gasteiger partial charge is 0.492 e. The van der Waals surface area contributed by atoms with E-state index >= 15 is 0 Å². The molecule has 0 radical (unpaired) electrons. The molecule has 1 N–H and O–H groups in total. The zero-order chi connectivity index (χ0) is 53.7. The Bertz CT molecular complexity index is 3600. The van der Waals surface area contributed by atoms with Gasteiger partial charge in [0.1, 0.15) is 17.1 Å². The lowest BCUT2D eigenvalue weighted by atomic mass is 9.84. The number of benzene rings is 8. The van der Waals surface area contributed by atoms with Crippen LogP contribution in [0.25, 0.3) is 22.3 Å². The molecule has 1 unspecified atom stereocenters. The fourth-order valence-electron chi connectivity index (χ4n) is 10.8. The molecule has 8 aromatic carbocycles. The van der Waals surface area contributed by atoms with Crippen molar-refractivity contribution in [1.82, 2.24) is 5.32 Å². The van der Waals surface area contributed by atoms with Gasteiger partial charge in [0.05, 0.1) is 11.4 Å². The van der Waals surface area contributed by atoms with Crippen LogP contribution in [0.1, 0.15) is 113 Å². The van der Waals surface area contributed by atoms with E-state index in [9.17, 15) is 9.59 Å². The smallest absolute Gasteiger partial charge is 0.407 e. The van der Waals surface area contributed by atoms with Crippen molar-refractivity contribution in [2.24, 2.45) is 5.92 Å². The van der Waals surface area contributed by atoms with Crippen LogP contribution in [0.2, 0.25) is 0 Å². The SMILES string of the molecule is CC(=O)Oc1cccc(C#Cc2ccc3c(c2)/C(=C2\c4c(C)c(OCCSC(c5ccccc5)(c5ccccc5)c5ccccc5)cc(C)c4CC2C)c2cc(C#Cc4cccc(CNC(=O)OC(C)(C)C)c4)ccc2-3)c1. The van der Waals surface area contributed by atoms with E-state index in [1.165, 1.54) is 51.5 Å². The maximum absolute atomic E-state index is 12.4. The molecule has 0 saturated heterocycles. The molecule has 0 fully saturated rings. The first-order valence-corrected chi connectivity index (χ1v) is 27.2. The third-order valence-electron chi connectivity index (χ3n) is 14.0. The van der Waals surface area contributed by atoms with E-state index in [4.69, 9.17) is 14.2 Å². The fourth-order valence-corrected chi connectivity index (χ4v) is 12.1. The number of rotatable bonds is 11. The molecule has 2 aliphatic carbocycles. The number of hydrogen-bond acceptors (Lipinski definition) is 6. The number of thioether (sulfide) groups is 1. The molecule has 8 aromatic rings. The molecular weight excluding hydrogens is 967 g/mol. The minimum atomic E-state index is -0.583. The summed E-state index contributed by atoms with van der Waals surface area (Å²) in [7, 11) is 0. The highest BCUT2D eigenvalue weighted by molar-refractivity contribution is 8.00. The maximum Gasteiger partial charge on any atom is 0.407 e. The maximum atomic E-state index is 12.4. The second kappa shape index (κ2) is 22.4. The molecule has 0 aromatic heterocycles. The second-order valence-electron chi connectivity index (χ2n) is 20.7. The number of esters is 1. The topological polar surface area (TPSA) is 73.9 Å². The molecule has 6 nitrogen and oxygen atoms in total. The van der Waals surface area contributed by atoms with Crippen LogP contribution >= 0.6 is 11.8 Å². The minimum Gasteiger partial charge on any atom is -0.492 e. The first kappa shape index (κ1) is 52.0. The van der Waals surface area contributed by atoms with Gasteiger partial charge in [-0.05, 0) is 186 Å². The summed E-state index contributed by atoms with van der Waals surface area (Å²) >= 11 is 1.91. The van der Waals surface area contributed by atoms with Gasteiger partial charge in [0, 0.05) is 41.5 Å². The summed E-state index contributed by atoms with van der Waals surface area (Å²) in [5.41, 5.74) is 19.4. The summed E-state index contributed by atoms with van der Waals surface area (Å²) < 4.78 is 17.3. The summed E-state index contributed by atoms with van der Waals surface area (Å²) in [5, 5.41) is 2.86. The van der Waals surface area contributed by atoms with E-state index in [-0.39, 0.29) is 11.9 Å². The van der Waals surface area contributed by atoms with E-state index < -0.39 is 16.4 Å². The first-order valence-electron chi connectivity index (χ1n) is 26.2. The molecule has 382 valence electrons. The summed E-state index contributed by atoms with van der Waals surface area (Å²) in [5.74, 6) is 15.6. The van der Waals surface area contributed by atoms with Crippen LogP contribution in [0.15, 0.2) is 182 Å². The van der Waals surface area contributed by atoms with Crippen LogP contribution in [0.4, 0.5) is 4.79 Å². The second-order valence-corrected chi connectivity index (χ2v) is 22.0. The normalized spacial score (nSPS) is 14.2. The van der Waals surface area contributed by atoms with E-state index in [0.29, 0.717) is 18.9 Å². The number of fused-ring (bicyclic) bond motifs is 4. The minimum absolute atomic E-state index is 0.204. The van der Waals surface area contributed by atoms with Gasteiger partial charge in [-0.25, -0.2) is 4.79 Å². The molecule has 0 aliphatic heterocycles. The highest BCUT2D eigenvalue weighted by atomic mass is 32.2. The van der Waals surface area contributed by atoms with Gasteiger partial charge in [0.15, 0.2) is 0 Å². The fraction of sp³-hybridized carbons (Fsp3) is 0.200. The Kier molecular flexibility index (Phi) is 15.1. The third kappa shape index (κ3) is 11.4. The number of allylic oxidation sites excluding steroid dienone is 1. The number of alkyl carbamates (subject to hydrolysis) is 1. The molecule has 10 rings (SSSR count). The molecule has 1 amide bonds. The summed E-state index contributed by atoms with van der Waals surface area (Å²) in [6.07, 6.45) is 0.450. The first-order chi connectivity index (χ1) is 37.2. The Morgan fingerprint density at radius 1 is 0.623 bits per heavy atom. The van der Waals surface area contributed by atoms with Crippen LogP contribution in [0.3, 0.4) is 0 Å². The molecule has 2 aliphatic rings. The molecule has 77 heavy (non-hydrogen) atoms. The average molecular weight is 1030 g/mol. The number of amides is 1. The quantitative estimate of drug-likeness (QED) is 0.0457. The Balaban J connectivity index is 1.02. The van der Waals surface area contributed by atoms with Gasteiger partial charge in [-0.2, -0.15) is 0 Å². The molecule has 0 saturated carbocycles. The Hall–Kier alpha value is -8.49. The standard InChI is InChI=1S/C70H61NO5S/c1-46-40-64(74-37-38-77-70(55-22-11-8-12-23-55,56-24-13-9-14-25-56)57-26-15-10-16-27-57)48(3)66-61(46)39-47(2)65(66)67-62-43-52(31-29-50-19-17-21-54(41-50)45-71-68(73)76-69(5,6)7)33-35-59(62)60-36-34-53(44-63(60)67)32-30-51-20-18-28-58(42-51)75-49(4)72/h8-28,33-36,40-44,47H,37-39,45H2,1-7H3,(H,71,73)/b67-65-. The molecule has 1 atom stereocenters. The van der Waals surface area contributed by atoms with Crippen molar-refractivity contribution >= 4 is 35.0 Å². The lowest BCUT2D eigenvalue weighted by molar-refractivity contribution is -0.131. The van der Waals surface area contributed by atoms with Crippen molar-refractivity contribution in [2.45, 2.75) is 71.8 Å². The van der Waals surface area contributed by atoms with Gasteiger partial charge >= 0.3 is 12.1 Å². The zero-order valence-electron chi connectivity index (χ0n) is 44.7. The van der Waals surface area contributed by atoms with Gasteiger partial charge in [0.25, 0.3) is 0 Å². The van der Waals surface area contributed by atoms with Crippen LogP contribution in [-0.2, 0) is 27.2 Å². The Labute approximate surface area is 457 Å². The van der Waals surface area contributed by atoms with Crippen molar-refractivity contribution in [3.63, 3.8) is 0 Å². The number of carbonyl (C=O) groups excluding carboxylic acids is 2. The van der Waals surface area contributed by atoms with Gasteiger partial charge < -0.3 is 19.5 Å². The lowest BCUT2D eigenvalue weighted by Gasteiger charge is -2.35. The number of ether oxygens (including phenoxy) is 3. The highest BCUT2D eigenvalue weighted by Crippen LogP contribution is 2.55. The van der Waals surface area contributed by atoms with Crippen LogP contribution in [0, 0.1) is 43.4 Å². The van der Waals surface area contributed by atoms with Crippen molar-refractivity contribution in [2.75, 3.05) is 12.4 Å². The van der Waals surface area contributed by atoms with Crippen molar-refractivity contribution in [3.8, 4) is 46.3 Å². The van der Waals surface area contributed by atoms with Crippen molar-refractivity contribution in [3.05, 3.63) is 260 Å². The molecule has 0 heterocycles. The van der Waals surface area contributed by atoms with E-state index in [2.05, 4.69) is 183 Å². The summed E-state index contributed by atoms with van der Waals surface area (Å²) in [4.78, 5) is 24.2.